The summed E-state index contributed by atoms with van der Waals surface area (Å²) in [6.07, 6.45) is 4.46. The van der Waals surface area contributed by atoms with Crippen molar-refractivity contribution < 1.29 is 14.6 Å². The van der Waals surface area contributed by atoms with Gasteiger partial charge in [-0.05, 0) is 59.5 Å². The average molecular weight is 499 g/mol. The van der Waals surface area contributed by atoms with Gasteiger partial charge in [0.05, 0.1) is 13.2 Å². The summed E-state index contributed by atoms with van der Waals surface area (Å²) >= 11 is 0. The summed E-state index contributed by atoms with van der Waals surface area (Å²) < 4.78 is 12.3. The molecule has 0 radical (unpaired) electrons. The molecule has 2 rings (SSSR count). The Kier molecular flexibility index (Phi) is 10.1. The van der Waals surface area contributed by atoms with Crippen molar-refractivity contribution >= 4 is 8.07 Å². The smallest absolute Gasteiger partial charge is 0.180 e. The van der Waals surface area contributed by atoms with E-state index in [1.165, 1.54) is 11.1 Å². The summed E-state index contributed by atoms with van der Waals surface area (Å²) in [5.74, 6) is 9.48. The second-order valence-electron chi connectivity index (χ2n) is 12.9. The molecule has 0 aromatic rings. The Hall–Kier alpha value is -1.30. The average Bonchev–Trinajstić information content (AvgIpc) is 2.73. The summed E-state index contributed by atoms with van der Waals surface area (Å²) in [5, 5.41) is 11.1. The van der Waals surface area contributed by atoms with Crippen LogP contribution in [0.2, 0.25) is 16.6 Å². The molecule has 0 bridgehead atoms. The third-order valence-corrected chi connectivity index (χ3v) is 14.7. The van der Waals surface area contributed by atoms with Crippen LogP contribution in [0.15, 0.2) is 23.3 Å². The van der Waals surface area contributed by atoms with Crippen molar-refractivity contribution in [1.82, 2.24) is 0 Å². The Morgan fingerprint density at radius 3 is 1.94 bits per heavy atom. The van der Waals surface area contributed by atoms with Crippen LogP contribution in [0.5, 0.6) is 0 Å². The SMILES string of the molecule is CC1=C(C2OCC(C)(C)CO2)C(C)(C)[C@H]([C@H](O)C#C/C=C\C#C[Si](C(C)C)(C(C)C)C(C)C)CC1. The normalized spacial score (nSPS) is 23.9. The monoisotopic (exact) mass is 498 g/mol. The summed E-state index contributed by atoms with van der Waals surface area (Å²) in [6, 6.07) is 0. The fourth-order valence-corrected chi connectivity index (χ4v) is 11.7. The van der Waals surface area contributed by atoms with E-state index < -0.39 is 14.2 Å². The fourth-order valence-electron chi connectivity index (χ4n) is 6.45. The van der Waals surface area contributed by atoms with Crippen molar-refractivity contribution in [3.63, 3.8) is 0 Å². The lowest BCUT2D eigenvalue weighted by molar-refractivity contribution is -0.211. The van der Waals surface area contributed by atoms with Crippen LogP contribution in [-0.4, -0.2) is 38.8 Å². The van der Waals surface area contributed by atoms with Crippen molar-refractivity contribution in [2.24, 2.45) is 16.7 Å². The first-order chi connectivity index (χ1) is 16.2. The van der Waals surface area contributed by atoms with Crippen molar-refractivity contribution in [3.05, 3.63) is 23.3 Å². The molecule has 1 heterocycles. The van der Waals surface area contributed by atoms with Gasteiger partial charge in [0.15, 0.2) is 6.29 Å². The highest BCUT2D eigenvalue weighted by Gasteiger charge is 2.46. The predicted molar refractivity (Wildman–Crippen MR) is 150 cm³/mol. The van der Waals surface area contributed by atoms with Gasteiger partial charge >= 0.3 is 0 Å². The van der Waals surface area contributed by atoms with Crippen LogP contribution < -0.4 is 0 Å². The number of ether oxygens (including phenoxy) is 2. The summed E-state index contributed by atoms with van der Waals surface area (Å²) in [5.41, 5.74) is 7.79. The number of hydrogen-bond acceptors (Lipinski definition) is 3. The van der Waals surface area contributed by atoms with Gasteiger partial charge in [-0.25, -0.2) is 0 Å². The molecular weight excluding hydrogens is 448 g/mol. The number of rotatable bonds is 5. The largest absolute Gasteiger partial charge is 0.380 e. The minimum Gasteiger partial charge on any atom is -0.380 e. The molecule has 0 spiro atoms. The van der Waals surface area contributed by atoms with E-state index in [2.05, 4.69) is 99.5 Å². The minimum absolute atomic E-state index is 0.0261. The highest BCUT2D eigenvalue weighted by molar-refractivity contribution is 6.90. The molecule has 4 heteroatoms. The molecule has 1 aliphatic heterocycles. The van der Waals surface area contributed by atoms with Gasteiger partial charge in [0, 0.05) is 11.3 Å². The molecule has 35 heavy (non-hydrogen) atoms. The topological polar surface area (TPSA) is 38.7 Å². The number of allylic oxidation sites excluding steroid dienone is 3. The Labute approximate surface area is 217 Å². The van der Waals surface area contributed by atoms with Gasteiger partial charge < -0.3 is 14.6 Å². The van der Waals surface area contributed by atoms with E-state index in [0.717, 1.165) is 12.8 Å². The molecule has 2 aliphatic rings. The molecule has 196 valence electrons. The second kappa shape index (κ2) is 11.8. The zero-order chi connectivity index (χ0) is 26.6. The van der Waals surface area contributed by atoms with E-state index >= 15 is 0 Å². The maximum absolute atomic E-state index is 11.1. The lowest BCUT2D eigenvalue weighted by atomic mass is 9.63. The Morgan fingerprint density at radius 1 is 0.914 bits per heavy atom. The van der Waals surface area contributed by atoms with Crippen LogP contribution in [-0.2, 0) is 9.47 Å². The molecule has 1 aliphatic carbocycles. The highest BCUT2D eigenvalue weighted by Crippen LogP contribution is 2.49. The zero-order valence-corrected chi connectivity index (χ0v) is 25.2. The molecule has 0 aromatic heterocycles. The number of aliphatic hydroxyl groups is 1. The van der Waals surface area contributed by atoms with Gasteiger partial charge in [0.1, 0.15) is 14.2 Å². The lowest BCUT2D eigenvalue weighted by Crippen LogP contribution is -2.46. The van der Waals surface area contributed by atoms with Crippen molar-refractivity contribution in [3.8, 4) is 23.3 Å². The predicted octanol–water partition coefficient (Wildman–Crippen LogP) is 7.28. The number of hydrogen-bond donors (Lipinski definition) is 1. The van der Waals surface area contributed by atoms with Crippen LogP contribution in [0, 0.1) is 40.1 Å². The third-order valence-electron chi connectivity index (χ3n) is 8.41. The summed E-state index contributed by atoms with van der Waals surface area (Å²) in [7, 11) is -1.73. The van der Waals surface area contributed by atoms with E-state index in [1.54, 1.807) is 6.08 Å². The van der Waals surface area contributed by atoms with Crippen molar-refractivity contribution in [2.75, 3.05) is 13.2 Å². The quantitative estimate of drug-likeness (QED) is 0.246. The van der Waals surface area contributed by atoms with Gasteiger partial charge in [-0.3, -0.25) is 0 Å². The maximum Gasteiger partial charge on any atom is 0.180 e. The van der Waals surface area contributed by atoms with Crippen LogP contribution in [0.4, 0.5) is 0 Å². The molecule has 3 nitrogen and oxygen atoms in total. The minimum atomic E-state index is -1.73. The standard InChI is InChI=1S/C31H50O3Si/c1-22(2)35(23(3)4,24(5)6)19-15-13-12-14-16-27(32)26-18-17-25(7)28(31(26,10)11)29-33-20-30(8,9)21-34-29/h12-13,22-24,26-27,29,32H,17-18,20-21H2,1-11H3/b13-12-/t26-,27+/m0/s1. The van der Waals surface area contributed by atoms with Crippen molar-refractivity contribution in [1.29, 1.82) is 0 Å². The fraction of sp³-hybridized carbons (Fsp3) is 0.742. The third kappa shape index (κ3) is 6.72. The Bertz CT molecular complexity index is 883. The highest BCUT2D eigenvalue weighted by atomic mass is 28.3. The van der Waals surface area contributed by atoms with E-state index in [1.807, 2.05) is 6.08 Å². The van der Waals surface area contributed by atoms with Crippen LogP contribution in [0.1, 0.15) is 89.0 Å². The van der Waals surface area contributed by atoms with Gasteiger partial charge in [-0.15, -0.1) is 5.54 Å². The summed E-state index contributed by atoms with van der Waals surface area (Å²) in [6.45, 7) is 26.2. The number of aliphatic hydroxyl groups excluding tert-OH is 1. The van der Waals surface area contributed by atoms with E-state index in [-0.39, 0.29) is 23.0 Å². The summed E-state index contributed by atoms with van der Waals surface area (Å²) in [4.78, 5) is 0. The first kappa shape index (κ1) is 29.9. The van der Waals surface area contributed by atoms with Crippen molar-refractivity contribution in [2.45, 2.75) is 118 Å². The van der Waals surface area contributed by atoms with E-state index in [9.17, 15) is 5.11 Å². The van der Waals surface area contributed by atoms with Crippen LogP contribution >= 0.6 is 0 Å². The Balaban J connectivity index is 2.15. The molecule has 1 N–H and O–H groups in total. The van der Waals surface area contributed by atoms with Gasteiger partial charge in [-0.2, -0.15) is 0 Å². The van der Waals surface area contributed by atoms with Crippen LogP contribution in [0.3, 0.4) is 0 Å². The molecule has 0 aromatic carbocycles. The van der Waals surface area contributed by atoms with E-state index in [4.69, 9.17) is 9.47 Å². The van der Waals surface area contributed by atoms with Gasteiger partial charge in [0.25, 0.3) is 0 Å². The molecular formula is C31H50O3Si. The maximum atomic E-state index is 11.1. The van der Waals surface area contributed by atoms with Gasteiger partial charge in [0.2, 0.25) is 0 Å². The lowest BCUT2D eigenvalue weighted by Gasteiger charge is -2.47. The first-order valence-electron chi connectivity index (χ1n) is 13.5. The molecule has 0 unspecified atom stereocenters. The van der Waals surface area contributed by atoms with E-state index in [0.29, 0.717) is 29.8 Å². The Morgan fingerprint density at radius 2 is 1.43 bits per heavy atom. The second-order valence-corrected chi connectivity index (χ2v) is 18.5. The molecule has 2 atom stereocenters. The van der Waals surface area contributed by atoms with Gasteiger partial charge in [-0.1, -0.05) is 92.6 Å². The molecule has 1 fully saturated rings. The van der Waals surface area contributed by atoms with Crippen LogP contribution in [0.25, 0.3) is 0 Å². The first-order valence-corrected chi connectivity index (χ1v) is 15.7. The molecule has 1 saturated heterocycles. The molecule has 0 saturated carbocycles. The molecule has 0 amide bonds. The zero-order valence-electron chi connectivity index (χ0n) is 24.2.